The van der Waals surface area contributed by atoms with E-state index in [1.165, 1.54) is 6.07 Å². The van der Waals surface area contributed by atoms with Gasteiger partial charge in [-0.15, -0.1) is 0 Å². The number of fused-ring (bicyclic) bond motifs is 2. The first-order valence-corrected chi connectivity index (χ1v) is 9.98. The molecule has 1 unspecified atom stereocenters. The van der Waals surface area contributed by atoms with Crippen LogP contribution < -0.4 is 15.0 Å². The fraction of sp³-hybridized carbons (Fsp3) is 0.364. The monoisotopic (exact) mass is 394 g/mol. The van der Waals surface area contributed by atoms with Crippen molar-refractivity contribution in [1.82, 2.24) is 9.55 Å². The zero-order chi connectivity index (χ0) is 20.1. The third kappa shape index (κ3) is 2.92. The van der Waals surface area contributed by atoms with Gasteiger partial charge in [-0.25, -0.2) is 9.37 Å². The Bertz CT molecular complexity index is 1120. The van der Waals surface area contributed by atoms with E-state index in [-0.39, 0.29) is 17.8 Å². The second kappa shape index (κ2) is 6.76. The van der Waals surface area contributed by atoms with Gasteiger partial charge in [0.25, 0.3) is 0 Å². The Balaban J connectivity index is 1.62. The van der Waals surface area contributed by atoms with Crippen LogP contribution in [0.2, 0.25) is 0 Å². The number of aryl methyl sites for hydroxylation is 2. The summed E-state index contributed by atoms with van der Waals surface area (Å²) in [5, 5.41) is 3.51. The molecule has 0 spiro atoms. The van der Waals surface area contributed by atoms with Crippen molar-refractivity contribution in [3.05, 3.63) is 47.5 Å². The van der Waals surface area contributed by atoms with Gasteiger partial charge in [0, 0.05) is 32.1 Å². The molecule has 2 aliphatic rings. The van der Waals surface area contributed by atoms with Gasteiger partial charge in [0.1, 0.15) is 22.9 Å². The number of nitrogens with one attached hydrogen (secondary N) is 1. The lowest BCUT2D eigenvalue weighted by Crippen LogP contribution is -2.24. The van der Waals surface area contributed by atoms with Crippen LogP contribution >= 0.6 is 0 Å². The van der Waals surface area contributed by atoms with Crippen molar-refractivity contribution in [3.8, 4) is 5.75 Å². The molecule has 1 atom stereocenters. The van der Waals surface area contributed by atoms with Crippen LogP contribution in [-0.2, 0) is 11.8 Å². The van der Waals surface area contributed by atoms with Crippen molar-refractivity contribution < 1.29 is 13.9 Å². The first-order valence-electron chi connectivity index (χ1n) is 9.98. The first-order chi connectivity index (χ1) is 14.0. The van der Waals surface area contributed by atoms with E-state index in [4.69, 9.17) is 9.72 Å². The number of hydrogen-bond donors (Lipinski definition) is 1. The van der Waals surface area contributed by atoms with E-state index in [9.17, 15) is 9.18 Å². The summed E-state index contributed by atoms with van der Waals surface area (Å²) in [5.74, 6) is 1.32. The molecule has 2 aromatic carbocycles. The van der Waals surface area contributed by atoms with E-state index < -0.39 is 0 Å². The van der Waals surface area contributed by atoms with Crippen LogP contribution in [0.25, 0.3) is 11.0 Å². The Kier molecular flexibility index (Phi) is 4.19. The molecule has 3 heterocycles. The second-order valence-electron chi connectivity index (χ2n) is 7.71. The molecule has 0 radical (unpaired) electrons. The first kappa shape index (κ1) is 18.0. The minimum Gasteiger partial charge on any atom is -0.493 e. The van der Waals surface area contributed by atoms with Gasteiger partial charge in [0.05, 0.1) is 29.4 Å². The minimum atomic E-state index is -0.279. The highest BCUT2D eigenvalue weighted by molar-refractivity contribution is 6.00. The summed E-state index contributed by atoms with van der Waals surface area (Å²) in [4.78, 5) is 18.9. The molecule has 1 saturated heterocycles. The molecule has 2 aliphatic heterocycles. The smallest absolute Gasteiger partial charge is 0.227 e. The van der Waals surface area contributed by atoms with Crippen LogP contribution in [0, 0.1) is 12.7 Å². The Morgan fingerprint density at radius 2 is 2.17 bits per heavy atom. The highest BCUT2D eigenvalue weighted by Crippen LogP contribution is 2.39. The third-order valence-corrected chi connectivity index (χ3v) is 5.94. The minimum absolute atomic E-state index is 0.136. The molecule has 1 amide bonds. The lowest BCUT2D eigenvalue weighted by Gasteiger charge is -2.28. The number of carbonyl (C=O) groups is 1. The maximum Gasteiger partial charge on any atom is 0.227 e. The van der Waals surface area contributed by atoms with Crippen LogP contribution in [-0.4, -0.2) is 28.6 Å². The van der Waals surface area contributed by atoms with E-state index in [2.05, 4.69) is 5.32 Å². The maximum absolute atomic E-state index is 14.6. The van der Waals surface area contributed by atoms with E-state index in [0.717, 1.165) is 41.2 Å². The summed E-state index contributed by atoms with van der Waals surface area (Å²) in [5.41, 5.74) is 3.98. The van der Waals surface area contributed by atoms with Crippen LogP contribution in [0.4, 0.5) is 15.8 Å². The number of hydrogen-bond acceptors (Lipinski definition) is 4. The number of benzene rings is 2. The normalized spacial score (nSPS) is 18.8. The number of ether oxygens (including phenoxy) is 1. The van der Waals surface area contributed by atoms with E-state index in [1.807, 2.05) is 35.6 Å². The highest BCUT2D eigenvalue weighted by atomic mass is 19.1. The lowest BCUT2D eigenvalue weighted by atomic mass is 9.99. The molecule has 0 aliphatic carbocycles. The average molecular weight is 394 g/mol. The van der Waals surface area contributed by atoms with Crippen LogP contribution in [0.3, 0.4) is 0 Å². The predicted molar refractivity (Wildman–Crippen MR) is 110 cm³/mol. The summed E-state index contributed by atoms with van der Waals surface area (Å²) < 4.78 is 22.3. The Hall–Kier alpha value is -3.09. The Labute approximate surface area is 168 Å². The summed E-state index contributed by atoms with van der Waals surface area (Å²) >= 11 is 0. The number of aromatic nitrogens is 2. The average Bonchev–Trinajstić information content (AvgIpc) is 3.26. The van der Waals surface area contributed by atoms with Crippen molar-refractivity contribution >= 4 is 28.3 Å². The fourth-order valence-electron chi connectivity index (χ4n) is 4.32. The Morgan fingerprint density at radius 1 is 1.31 bits per heavy atom. The van der Waals surface area contributed by atoms with Gasteiger partial charge in [0.2, 0.25) is 5.91 Å². The molecule has 1 fully saturated rings. The number of halogens is 1. The number of nitrogens with zero attached hydrogens (tertiary/aromatic N) is 3. The van der Waals surface area contributed by atoms with Crippen molar-refractivity contribution in [2.45, 2.75) is 32.2 Å². The largest absolute Gasteiger partial charge is 0.493 e. The van der Waals surface area contributed by atoms with Gasteiger partial charge < -0.3 is 19.5 Å². The fourth-order valence-corrected chi connectivity index (χ4v) is 4.32. The molecule has 5 rings (SSSR count). The molecule has 29 heavy (non-hydrogen) atoms. The van der Waals surface area contributed by atoms with Gasteiger partial charge in [-0.05, 0) is 37.6 Å². The van der Waals surface area contributed by atoms with Crippen molar-refractivity contribution in [2.75, 3.05) is 23.4 Å². The summed E-state index contributed by atoms with van der Waals surface area (Å²) in [6.07, 6.45) is 2.08. The summed E-state index contributed by atoms with van der Waals surface area (Å²) in [6.45, 7) is 3.19. The molecular weight excluding hydrogens is 371 g/mol. The van der Waals surface area contributed by atoms with Crippen molar-refractivity contribution in [3.63, 3.8) is 0 Å². The van der Waals surface area contributed by atoms with Crippen LogP contribution in [0.1, 0.15) is 36.7 Å². The SMILES string of the molecule is Cc1nc2c(NC3CCOc4cccc(F)c43)cc(N3CCCC3=O)cc2n1C. The van der Waals surface area contributed by atoms with Crippen LogP contribution in [0.15, 0.2) is 30.3 Å². The molecule has 0 saturated carbocycles. The van der Waals surface area contributed by atoms with E-state index >= 15 is 0 Å². The number of amides is 1. The topological polar surface area (TPSA) is 59.4 Å². The van der Waals surface area contributed by atoms with Gasteiger partial charge in [-0.2, -0.15) is 0 Å². The quantitative estimate of drug-likeness (QED) is 0.727. The molecule has 1 aromatic heterocycles. The molecule has 1 N–H and O–H groups in total. The zero-order valence-electron chi connectivity index (χ0n) is 16.5. The number of anilines is 2. The summed E-state index contributed by atoms with van der Waals surface area (Å²) in [6, 6.07) is 8.68. The third-order valence-electron chi connectivity index (χ3n) is 5.94. The Morgan fingerprint density at radius 3 is 2.97 bits per heavy atom. The molecule has 150 valence electrons. The number of rotatable bonds is 3. The number of carbonyl (C=O) groups excluding carboxylic acids is 1. The molecular formula is C22H23FN4O2. The molecule has 7 heteroatoms. The maximum atomic E-state index is 14.6. The predicted octanol–water partition coefficient (Wildman–Crippen LogP) is 4.08. The molecule has 3 aromatic rings. The highest BCUT2D eigenvalue weighted by Gasteiger charge is 2.28. The lowest BCUT2D eigenvalue weighted by molar-refractivity contribution is -0.117. The molecule has 0 bridgehead atoms. The van der Waals surface area contributed by atoms with Crippen LogP contribution in [0.5, 0.6) is 5.75 Å². The standard InChI is InChI=1S/C22H23FN4O2/c1-13-24-22-17(25-16-8-10-29-19-6-3-5-15(23)21(16)19)11-14(12-18(22)26(13)2)27-9-4-7-20(27)28/h3,5-6,11-12,16,25H,4,7-10H2,1-2H3. The summed E-state index contributed by atoms with van der Waals surface area (Å²) in [7, 11) is 1.97. The number of imidazole rings is 1. The van der Waals surface area contributed by atoms with Crippen molar-refractivity contribution in [2.24, 2.45) is 7.05 Å². The zero-order valence-corrected chi connectivity index (χ0v) is 16.5. The van der Waals surface area contributed by atoms with Gasteiger partial charge in [-0.3, -0.25) is 4.79 Å². The van der Waals surface area contributed by atoms with Gasteiger partial charge >= 0.3 is 0 Å². The molecule has 6 nitrogen and oxygen atoms in total. The van der Waals surface area contributed by atoms with E-state index in [1.54, 1.807) is 12.1 Å². The second-order valence-corrected chi connectivity index (χ2v) is 7.71. The van der Waals surface area contributed by atoms with E-state index in [0.29, 0.717) is 30.8 Å². The van der Waals surface area contributed by atoms with Gasteiger partial charge in [-0.1, -0.05) is 6.07 Å². The van der Waals surface area contributed by atoms with Gasteiger partial charge in [0.15, 0.2) is 0 Å². The van der Waals surface area contributed by atoms with Crippen molar-refractivity contribution in [1.29, 1.82) is 0 Å².